The first-order valence-corrected chi connectivity index (χ1v) is 8.64. The summed E-state index contributed by atoms with van der Waals surface area (Å²) in [5, 5.41) is 21.9. The van der Waals surface area contributed by atoms with Gasteiger partial charge < -0.3 is 15.2 Å². The molecule has 0 heterocycles. The Balaban J connectivity index is 2.74. The lowest BCUT2D eigenvalue weighted by Gasteiger charge is -2.22. The van der Waals surface area contributed by atoms with E-state index in [1.54, 1.807) is 51.1 Å². The second kappa shape index (κ2) is 9.26. The third kappa shape index (κ3) is 8.39. The number of carboxylic acid groups (broad SMARTS) is 1. The average molecular weight is 370 g/mol. The fraction of sp³-hybridized carbons (Fsp3) is 0.500. The maximum atomic E-state index is 11.8. The van der Waals surface area contributed by atoms with Crippen LogP contribution >= 0.6 is 11.8 Å². The van der Waals surface area contributed by atoms with E-state index in [0.29, 0.717) is 0 Å². The van der Waals surface area contributed by atoms with Gasteiger partial charge in [0, 0.05) is 10.7 Å². The Bertz CT molecular complexity index is 602. The summed E-state index contributed by atoms with van der Waals surface area (Å²) in [6.45, 7) is 4.66. The Morgan fingerprint density at radius 1 is 1.32 bits per heavy atom. The molecule has 25 heavy (non-hydrogen) atoms. The molecular formula is C16H22N2O6S. The lowest BCUT2D eigenvalue weighted by Crippen LogP contribution is -2.45. The molecule has 1 aromatic carbocycles. The highest BCUT2D eigenvalue weighted by atomic mass is 32.2. The van der Waals surface area contributed by atoms with E-state index in [1.807, 2.05) is 0 Å². The molecule has 1 aromatic rings. The van der Waals surface area contributed by atoms with Gasteiger partial charge in [0.05, 0.1) is 5.25 Å². The van der Waals surface area contributed by atoms with Crippen molar-refractivity contribution in [3.8, 4) is 0 Å². The molecule has 0 bridgehead atoms. The van der Waals surface area contributed by atoms with E-state index in [2.05, 4.69) is 5.32 Å². The van der Waals surface area contributed by atoms with Crippen molar-refractivity contribution in [3.63, 3.8) is 0 Å². The van der Waals surface area contributed by atoms with Gasteiger partial charge in [0.1, 0.15) is 11.6 Å². The average Bonchev–Trinajstić information content (AvgIpc) is 2.48. The number of nitro groups is 1. The van der Waals surface area contributed by atoms with Gasteiger partial charge in [-0.1, -0.05) is 30.3 Å². The number of hydrogen-bond donors (Lipinski definition) is 2. The van der Waals surface area contributed by atoms with Gasteiger partial charge in [-0.15, -0.1) is 11.8 Å². The number of nitrogens with one attached hydrogen (secondary N) is 1. The first kappa shape index (κ1) is 20.8. The Morgan fingerprint density at radius 2 is 1.92 bits per heavy atom. The highest BCUT2D eigenvalue weighted by Gasteiger charge is 2.27. The Morgan fingerprint density at radius 3 is 2.40 bits per heavy atom. The molecule has 0 aliphatic heterocycles. The third-order valence-corrected chi connectivity index (χ3v) is 4.29. The minimum absolute atomic E-state index is 0.0258. The molecule has 0 saturated heterocycles. The number of carbonyl (C=O) groups is 2. The number of nitrogens with zero attached hydrogens (tertiary/aromatic N) is 1. The predicted octanol–water partition coefficient (Wildman–Crippen LogP) is 2.72. The third-order valence-electron chi connectivity index (χ3n) is 2.94. The van der Waals surface area contributed by atoms with Crippen molar-refractivity contribution in [2.45, 2.75) is 37.7 Å². The van der Waals surface area contributed by atoms with Gasteiger partial charge in [-0.2, -0.15) is 0 Å². The van der Waals surface area contributed by atoms with Crippen molar-refractivity contribution in [2.75, 3.05) is 12.3 Å². The fourth-order valence-electron chi connectivity index (χ4n) is 1.89. The molecule has 0 fully saturated rings. The highest BCUT2D eigenvalue weighted by Crippen LogP contribution is 2.29. The molecule has 138 valence electrons. The quantitative estimate of drug-likeness (QED) is 0.533. The van der Waals surface area contributed by atoms with Gasteiger partial charge in [0.25, 0.3) is 0 Å². The van der Waals surface area contributed by atoms with Gasteiger partial charge in [0.15, 0.2) is 0 Å². The van der Waals surface area contributed by atoms with Gasteiger partial charge in [-0.3, -0.25) is 10.1 Å². The van der Waals surface area contributed by atoms with E-state index in [9.17, 15) is 24.8 Å². The molecule has 0 aliphatic rings. The van der Waals surface area contributed by atoms with Gasteiger partial charge in [-0.05, 0) is 26.3 Å². The van der Waals surface area contributed by atoms with Crippen LogP contribution in [0.2, 0.25) is 0 Å². The SMILES string of the molecule is CC(C)(C)OC(=O)NC(CSC(C[N+](=O)[O-])c1ccccc1)C(=O)O. The molecular weight excluding hydrogens is 348 g/mol. The monoisotopic (exact) mass is 370 g/mol. The zero-order valence-corrected chi connectivity index (χ0v) is 15.1. The number of ether oxygens (including phenoxy) is 1. The summed E-state index contributed by atoms with van der Waals surface area (Å²) in [5.74, 6) is -1.26. The van der Waals surface area contributed by atoms with Crippen molar-refractivity contribution in [2.24, 2.45) is 0 Å². The highest BCUT2D eigenvalue weighted by molar-refractivity contribution is 7.99. The summed E-state index contributed by atoms with van der Waals surface area (Å²) in [5.41, 5.74) is -0.0241. The van der Waals surface area contributed by atoms with Crippen LogP contribution in [0, 0.1) is 10.1 Å². The van der Waals surface area contributed by atoms with Gasteiger partial charge >= 0.3 is 12.1 Å². The van der Waals surface area contributed by atoms with Crippen LogP contribution in [0.4, 0.5) is 4.79 Å². The molecule has 2 N–H and O–H groups in total. The largest absolute Gasteiger partial charge is 0.480 e. The summed E-state index contributed by atoms with van der Waals surface area (Å²) in [6, 6.07) is 7.60. The van der Waals surface area contributed by atoms with Crippen LogP contribution in [0.5, 0.6) is 0 Å². The summed E-state index contributed by atoms with van der Waals surface area (Å²) < 4.78 is 5.04. The van der Waals surface area contributed by atoms with E-state index in [-0.39, 0.29) is 12.3 Å². The van der Waals surface area contributed by atoms with Crippen molar-refractivity contribution in [1.82, 2.24) is 5.32 Å². The smallest absolute Gasteiger partial charge is 0.408 e. The van der Waals surface area contributed by atoms with Crippen LogP contribution < -0.4 is 5.32 Å². The van der Waals surface area contributed by atoms with E-state index >= 15 is 0 Å². The Hall–Kier alpha value is -2.29. The molecule has 1 rings (SSSR count). The second-order valence-corrected chi connectivity index (χ2v) is 7.52. The van der Waals surface area contributed by atoms with Gasteiger partial charge in [-0.25, -0.2) is 9.59 Å². The molecule has 0 spiro atoms. The number of amides is 1. The zero-order valence-electron chi connectivity index (χ0n) is 14.3. The number of carbonyl (C=O) groups excluding carboxylic acids is 1. The van der Waals surface area contributed by atoms with Crippen LogP contribution in [0.15, 0.2) is 30.3 Å². The van der Waals surface area contributed by atoms with Crippen LogP contribution in [0.1, 0.15) is 31.6 Å². The number of aliphatic carboxylic acids is 1. The van der Waals surface area contributed by atoms with Crippen LogP contribution in [-0.4, -0.2) is 46.0 Å². The number of hydrogen-bond acceptors (Lipinski definition) is 6. The number of thioether (sulfide) groups is 1. The van der Waals surface area contributed by atoms with Crippen LogP contribution in [0.25, 0.3) is 0 Å². The number of carboxylic acids is 1. The lowest BCUT2D eigenvalue weighted by atomic mass is 10.1. The molecule has 0 radical (unpaired) electrons. The number of benzene rings is 1. The molecule has 0 aliphatic carbocycles. The van der Waals surface area contributed by atoms with Crippen molar-refractivity contribution < 1.29 is 24.4 Å². The topological polar surface area (TPSA) is 119 Å². The fourth-order valence-corrected chi connectivity index (χ4v) is 3.12. The summed E-state index contributed by atoms with van der Waals surface area (Å²) in [4.78, 5) is 33.5. The first-order chi connectivity index (χ1) is 11.6. The predicted molar refractivity (Wildman–Crippen MR) is 94.3 cm³/mol. The van der Waals surface area contributed by atoms with Crippen molar-refractivity contribution in [1.29, 1.82) is 0 Å². The summed E-state index contributed by atoms with van der Waals surface area (Å²) in [7, 11) is 0. The standard InChI is InChI=1S/C16H22N2O6S/c1-16(2,3)24-15(21)17-12(14(19)20)10-25-13(9-18(22)23)11-7-5-4-6-8-11/h4-8,12-13H,9-10H2,1-3H3,(H,17,21)(H,19,20). The van der Waals surface area contributed by atoms with Gasteiger partial charge in [0.2, 0.25) is 6.54 Å². The minimum Gasteiger partial charge on any atom is -0.480 e. The van der Waals surface area contributed by atoms with Crippen LogP contribution in [0.3, 0.4) is 0 Å². The van der Waals surface area contributed by atoms with Crippen molar-refractivity contribution >= 4 is 23.8 Å². The van der Waals surface area contributed by atoms with E-state index in [4.69, 9.17) is 4.74 Å². The zero-order chi connectivity index (χ0) is 19.0. The molecule has 9 heteroatoms. The first-order valence-electron chi connectivity index (χ1n) is 7.59. The summed E-state index contributed by atoms with van der Waals surface area (Å²) in [6.07, 6.45) is -0.842. The number of alkyl carbamates (subject to hydrolysis) is 1. The molecule has 2 atom stereocenters. The van der Waals surface area contributed by atoms with Crippen molar-refractivity contribution in [3.05, 3.63) is 46.0 Å². The maximum absolute atomic E-state index is 11.8. The minimum atomic E-state index is -1.23. The molecule has 0 aromatic heterocycles. The van der Waals surface area contributed by atoms with Crippen LogP contribution in [-0.2, 0) is 9.53 Å². The second-order valence-electron chi connectivity index (χ2n) is 6.29. The molecule has 2 unspecified atom stereocenters. The Kier molecular flexibility index (Phi) is 7.69. The number of rotatable bonds is 8. The normalized spacial score (nSPS) is 13.6. The maximum Gasteiger partial charge on any atom is 0.408 e. The lowest BCUT2D eigenvalue weighted by molar-refractivity contribution is -0.479. The van der Waals surface area contributed by atoms with E-state index < -0.39 is 33.9 Å². The molecule has 1 amide bonds. The van der Waals surface area contributed by atoms with E-state index in [1.165, 1.54) is 0 Å². The molecule has 0 saturated carbocycles. The molecule has 8 nitrogen and oxygen atoms in total. The summed E-state index contributed by atoms with van der Waals surface area (Å²) >= 11 is 1.11. The van der Waals surface area contributed by atoms with E-state index in [0.717, 1.165) is 17.3 Å². The Labute approximate surface area is 150 Å².